The molecule has 0 saturated carbocycles. The summed E-state index contributed by atoms with van der Waals surface area (Å²) in [7, 11) is 1.56. The minimum absolute atomic E-state index is 0. The van der Waals surface area contributed by atoms with Crippen LogP contribution in [0.15, 0.2) is 29.3 Å². The maximum Gasteiger partial charge on any atom is 0.227 e. The Morgan fingerprint density at radius 2 is 2.18 bits per heavy atom. The van der Waals surface area contributed by atoms with E-state index in [0.717, 1.165) is 5.56 Å². The number of carbonyl (C=O) groups excluding carboxylic acids is 1. The number of hydrogen-bond donors (Lipinski definition) is 1. The van der Waals surface area contributed by atoms with E-state index in [1.54, 1.807) is 13.1 Å². The molecule has 17 heavy (non-hydrogen) atoms. The smallest absolute Gasteiger partial charge is 0.227 e. The van der Waals surface area contributed by atoms with Crippen LogP contribution in [0, 0.1) is 6.92 Å². The Balaban J connectivity index is 0.00000256. The van der Waals surface area contributed by atoms with Crippen LogP contribution in [0.5, 0.6) is 0 Å². The van der Waals surface area contributed by atoms with Crippen LogP contribution >= 0.6 is 11.6 Å². The first-order valence-electron chi connectivity index (χ1n) is 4.59. The first kappa shape index (κ1) is 16.8. The fourth-order valence-electron chi connectivity index (χ4n) is 1.14. The summed E-state index contributed by atoms with van der Waals surface area (Å²) in [5.74, 6) is -0.378. The van der Waals surface area contributed by atoms with Gasteiger partial charge in [0.05, 0.1) is 10.7 Å². The zero-order valence-electron chi connectivity index (χ0n) is 9.53. The molecule has 1 amide bonds. The van der Waals surface area contributed by atoms with Gasteiger partial charge in [-0.2, -0.15) is 6.20 Å². The van der Waals surface area contributed by atoms with Crippen LogP contribution in [0.4, 0.5) is 5.69 Å². The molecule has 6 heteroatoms. The van der Waals surface area contributed by atoms with Gasteiger partial charge < -0.3 is 23.3 Å². The van der Waals surface area contributed by atoms with Gasteiger partial charge in [-0.15, -0.1) is 12.0 Å². The van der Waals surface area contributed by atoms with Crippen LogP contribution in [-0.2, 0) is 50.1 Å². The molecule has 0 heterocycles. The second kappa shape index (κ2) is 8.04. The van der Waals surface area contributed by atoms with Gasteiger partial charge in [0.2, 0.25) is 5.91 Å². The topological polar surface area (TPSA) is 43.2 Å². The van der Waals surface area contributed by atoms with Crippen LogP contribution < -0.4 is 5.32 Å². The Hall–Kier alpha value is -0.156. The van der Waals surface area contributed by atoms with E-state index in [9.17, 15) is 4.79 Å². The molecule has 0 atom stereocenters. The third kappa shape index (κ3) is 4.92. The summed E-state index contributed by atoms with van der Waals surface area (Å²) in [6.45, 7) is 1.86. The molecule has 1 aromatic carbocycles. The third-order valence-corrected chi connectivity index (χ3v) is 2.54. The van der Waals surface area contributed by atoms with Crippen molar-refractivity contribution < 1.29 is 37.5 Å². The van der Waals surface area contributed by atoms with Crippen molar-refractivity contribution in [2.45, 2.75) is 6.92 Å². The van der Waals surface area contributed by atoms with Gasteiger partial charge in [-0.25, -0.2) is 0 Å². The van der Waals surface area contributed by atoms with E-state index in [2.05, 4.69) is 10.6 Å². The van der Waals surface area contributed by atoms with Crippen molar-refractivity contribution in [3.63, 3.8) is 0 Å². The second-order valence-electron chi connectivity index (χ2n) is 3.14. The molecule has 1 N–H and O–H groups in total. The molecular formula is C11H11ClN2OSY-2. The van der Waals surface area contributed by atoms with E-state index in [1.807, 2.05) is 19.1 Å². The van der Waals surface area contributed by atoms with E-state index in [1.165, 1.54) is 6.20 Å². The number of nitrogens with zero attached hydrogens (tertiary/aromatic N) is 1. The van der Waals surface area contributed by atoms with Gasteiger partial charge in [0, 0.05) is 32.7 Å². The number of nitrogens with one attached hydrogen (secondary N) is 1. The van der Waals surface area contributed by atoms with Crippen molar-refractivity contribution in [3.05, 3.63) is 45.2 Å². The number of halogens is 1. The summed E-state index contributed by atoms with van der Waals surface area (Å²) < 4.78 is 0. The number of benzene rings is 1. The van der Waals surface area contributed by atoms with Crippen molar-refractivity contribution in [1.82, 2.24) is 0 Å². The van der Waals surface area contributed by atoms with Gasteiger partial charge in [-0.3, -0.25) is 4.79 Å². The monoisotopic (exact) mass is 343 g/mol. The molecule has 0 spiro atoms. The van der Waals surface area contributed by atoms with Crippen LogP contribution in [0.3, 0.4) is 0 Å². The van der Waals surface area contributed by atoms with Gasteiger partial charge in [0.1, 0.15) is 0 Å². The number of aryl methyl sites for hydroxylation is 1. The predicted octanol–water partition coefficient (Wildman–Crippen LogP) is 2.98. The van der Waals surface area contributed by atoms with E-state index in [-0.39, 0.29) is 43.5 Å². The number of anilines is 1. The van der Waals surface area contributed by atoms with E-state index < -0.39 is 0 Å². The van der Waals surface area contributed by atoms with Crippen molar-refractivity contribution >= 4 is 35.8 Å². The van der Waals surface area contributed by atoms with Gasteiger partial charge in [0.25, 0.3) is 0 Å². The molecule has 0 aliphatic rings. The van der Waals surface area contributed by atoms with Crippen molar-refractivity contribution in [2.24, 2.45) is 0 Å². The summed E-state index contributed by atoms with van der Waals surface area (Å²) in [6, 6.07) is 5.39. The Morgan fingerprint density at radius 3 is 2.71 bits per heavy atom. The molecule has 0 aliphatic carbocycles. The second-order valence-corrected chi connectivity index (χ2v) is 3.98. The fraction of sp³-hybridized carbons (Fsp3) is 0.182. The van der Waals surface area contributed by atoms with Gasteiger partial charge in [0.15, 0.2) is 0 Å². The number of carbonyl (C=O) groups is 1. The SMILES string of the molecule is C[N-]/C=C(\[S-])C(=O)Nc1c(C)cccc1Cl.[Y]. The maximum atomic E-state index is 11.6. The molecule has 0 bridgehead atoms. The molecule has 3 nitrogen and oxygen atoms in total. The molecule has 89 valence electrons. The van der Waals surface area contributed by atoms with Crippen molar-refractivity contribution in [3.8, 4) is 0 Å². The Morgan fingerprint density at radius 1 is 1.53 bits per heavy atom. The zero-order valence-corrected chi connectivity index (χ0v) is 13.9. The molecule has 1 aromatic rings. The first-order valence-corrected chi connectivity index (χ1v) is 5.37. The van der Waals surface area contributed by atoms with Gasteiger partial charge >= 0.3 is 0 Å². The average Bonchev–Trinajstić information content (AvgIpc) is 2.23. The number of rotatable bonds is 3. The Labute approximate surface area is 137 Å². The van der Waals surface area contributed by atoms with Crippen LogP contribution in [-0.4, -0.2) is 13.0 Å². The van der Waals surface area contributed by atoms with E-state index >= 15 is 0 Å². The summed E-state index contributed by atoms with van der Waals surface area (Å²) in [4.78, 5) is 11.7. The average molecular weight is 344 g/mol. The molecule has 0 aliphatic heterocycles. The molecule has 0 saturated heterocycles. The minimum atomic E-state index is -0.378. The Bertz CT molecular complexity index is 417. The molecule has 0 fully saturated rings. The van der Waals surface area contributed by atoms with Gasteiger partial charge in [-0.05, 0) is 18.6 Å². The largest absolute Gasteiger partial charge is 0.776 e. The quantitative estimate of drug-likeness (QED) is 0.677. The van der Waals surface area contributed by atoms with Crippen LogP contribution in [0.1, 0.15) is 5.56 Å². The molecule has 0 unspecified atom stereocenters. The van der Waals surface area contributed by atoms with E-state index in [0.29, 0.717) is 10.7 Å². The summed E-state index contributed by atoms with van der Waals surface area (Å²) in [5, 5.41) is 6.83. The minimum Gasteiger partial charge on any atom is -0.776 e. The van der Waals surface area contributed by atoms with Crippen molar-refractivity contribution in [2.75, 3.05) is 12.4 Å². The summed E-state index contributed by atoms with van der Waals surface area (Å²) >= 11 is 10.8. The van der Waals surface area contributed by atoms with E-state index in [4.69, 9.17) is 24.2 Å². The first-order chi connectivity index (χ1) is 7.56. The number of hydrogen-bond acceptors (Lipinski definition) is 2. The van der Waals surface area contributed by atoms with Crippen LogP contribution in [0.2, 0.25) is 5.02 Å². The number of para-hydroxylation sites is 1. The molecule has 1 rings (SSSR count). The maximum absolute atomic E-state index is 11.6. The zero-order chi connectivity index (χ0) is 12.1. The summed E-state index contributed by atoms with van der Waals surface area (Å²) in [5.41, 5.74) is 1.47. The summed E-state index contributed by atoms with van der Waals surface area (Å²) in [6.07, 6.45) is 1.33. The van der Waals surface area contributed by atoms with Crippen molar-refractivity contribution in [1.29, 1.82) is 0 Å². The normalized spacial score (nSPS) is 10.4. The molecular weight excluding hydrogens is 333 g/mol. The molecule has 1 radical (unpaired) electrons. The fourth-order valence-corrected chi connectivity index (χ4v) is 1.57. The predicted molar refractivity (Wildman–Crippen MR) is 69.5 cm³/mol. The third-order valence-electron chi connectivity index (χ3n) is 1.93. The number of amides is 1. The van der Waals surface area contributed by atoms with Gasteiger partial charge in [-0.1, -0.05) is 23.7 Å². The Kier molecular flexibility index (Phi) is 7.96. The van der Waals surface area contributed by atoms with Crippen LogP contribution in [0.25, 0.3) is 5.32 Å². The molecule has 0 aromatic heterocycles. The standard InChI is InChI=1S/C11H13ClN2OS.Y/c1-7-4-3-5-8(12)10(7)14-11(15)9(16)6-13-2;/h3-6H,1-2H3,(H3,13,14,15,16);/p-2.